The average Bonchev–Trinajstić information content (AvgIpc) is 2.67. The molecule has 1 fully saturated rings. The first-order valence-corrected chi connectivity index (χ1v) is 6.64. The lowest BCUT2D eigenvalue weighted by Crippen LogP contribution is -2.35. The molecule has 1 aromatic rings. The fraction of sp³-hybridized carbons (Fsp3) is 0.583. The third-order valence-electron chi connectivity index (χ3n) is 3.06. The summed E-state index contributed by atoms with van der Waals surface area (Å²) in [5, 5.41) is 14.6. The number of hydrogen-bond donors (Lipinski definition) is 2. The van der Waals surface area contributed by atoms with Gasteiger partial charge in [-0.3, -0.25) is 4.79 Å². The van der Waals surface area contributed by atoms with Gasteiger partial charge in [0.05, 0.1) is 6.10 Å². The zero-order valence-corrected chi connectivity index (χ0v) is 10.0. The Morgan fingerprint density at radius 2 is 2.44 bits per heavy atom. The van der Waals surface area contributed by atoms with Gasteiger partial charge in [-0.05, 0) is 30.7 Å². The maximum Gasteiger partial charge on any atom is 0.223 e. The number of carbonyl (C=O) groups excluding carboxylic acids is 1. The molecule has 0 aromatic carbocycles. The Bertz CT molecular complexity index is 333. The van der Waals surface area contributed by atoms with E-state index in [1.165, 1.54) is 6.42 Å². The SMILES string of the molecule is O=C(NCCC(O)c1cccs1)C1CCC1. The van der Waals surface area contributed by atoms with Crippen LogP contribution >= 0.6 is 11.3 Å². The highest BCUT2D eigenvalue weighted by Crippen LogP contribution is 2.26. The Labute approximate surface area is 99.5 Å². The molecule has 88 valence electrons. The van der Waals surface area contributed by atoms with Crippen LogP contribution in [0, 0.1) is 5.92 Å². The third-order valence-corrected chi connectivity index (χ3v) is 4.04. The van der Waals surface area contributed by atoms with Crippen LogP contribution in [0.4, 0.5) is 0 Å². The maximum absolute atomic E-state index is 11.5. The average molecular weight is 239 g/mol. The van der Waals surface area contributed by atoms with Crippen molar-refractivity contribution in [2.45, 2.75) is 31.8 Å². The molecule has 1 aliphatic carbocycles. The van der Waals surface area contributed by atoms with Gasteiger partial charge in [0.2, 0.25) is 5.91 Å². The van der Waals surface area contributed by atoms with Crippen molar-refractivity contribution in [3.8, 4) is 0 Å². The number of hydrogen-bond acceptors (Lipinski definition) is 3. The molecule has 0 spiro atoms. The number of nitrogens with one attached hydrogen (secondary N) is 1. The second-order valence-electron chi connectivity index (χ2n) is 4.24. The topological polar surface area (TPSA) is 49.3 Å². The first-order valence-electron chi connectivity index (χ1n) is 5.76. The molecule has 1 amide bonds. The number of amides is 1. The van der Waals surface area contributed by atoms with Crippen LogP contribution < -0.4 is 5.32 Å². The Kier molecular flexibility index (Phi) is 3.96. The van der Waals surface area contributed by atoms with Crippen molar-refractivity contribution in [2.24, 2.45) is 5.92 Å². The van der Waals surface area contributed by atoms with Gasteiger partial charge in [0.1, 0.15) is 0 Å². The Hall–Kier alpha value is -0.870. The molecule has 2 N–H and O–H groups in total. The van der Waals surface area contributed by atoms with E-state index in [9.17, 15) is 9.90 Å². The van der Waals surface area contributed by atoms with E-state index in [2.05, 4.69) is 5.32 Å². The predicted octanol–water partition coefficient (Wildman–Crippen LogP) is 2.09. The van der Waals surface area contributed by atoms with Crippen molar-refractivity contribution in [3.05, 3.63) is 22.4 Å². The van der Waals surface area contributed by atoms with Crippen LogP contribution in [0.5, 0.6) is 0 Å². The summed E-state index contributed by atoms with van der Waals surface area (Å²) in [6.07, 6.45) is 3.38. The van der Waals surface area contributed by atoms with Gasteiger partial charge in [0.15, 0.2) is 0 Å². The Morgan fingerprint density at radius 3 is 3.00 bits per heavy atom. The molecular weight excluding hydrogens is 222 g/mol. The van der Waals surface area contributed by atoms with Crippen molar-refractivity contribution < 1.29 is 9.90 Å². The second-order valence-corrected chi connectivity index (χ2v) is 5.22. The number of rotatable bonds is 5. The molecule has 1 saturated carbocycles. The van der Waals surface area contributed by atoms with E-state index in [0.29, 0.717) is 13.0 Å². The highest BCUT2D eigenvalue weighted by Gasteiger charge is 2.24. The zero-order valence-electron chi connectivity index (χ0n) is 9.19. The second kappa shape index (κ2) is 5.46. The summed E-state index contributed by atoms with van der Waals surface area (Å²) in [7, 11) is 0. The first-order chi connectivity index (χ1) is 7.77. The predicted molar refractivity (Wildman–Crippen MR) is 64.2 cm³/mol. The number of aliphatic hydroxyl groups excluding tert-OH is 1. The minimum atomic E-state index is -0.443. The number of thiophene rings is 1. The Morgan fingerprint density at radius 1 is 1.62 bits per heavy atom. The quantitative estimate of drug-likeness (QED) is 0.826. The van der Waals surface area contributed by atoms with Crippen molar-refractivity contribution in [3.63, 3.8) is 0 Å². The first kappa shape index (κ1) is 11.6. The molecule has 16 heavy (non-hydrogen) atoms. The summed E-state index contributed by atoms with van der Waals surface area (Å²) < 4.78 is 0. The molecule has 1 aliphatic rings. The lowest BCUT2D eigenvalue weighted by Gasteiger charge is -2.24. The van der Waals surface area contributed by atoms with Crippen LogP contribution in [0.2, 0.25) is 0 Å². The molecule has 2 rings (SSSR count). The van der Waals surface area contributed by atoms with Crippen molar-refractivity contribution in [1.82, 2.24) is 5.32 Å². The van der Waals surface area contributed by atoms with Gasteiger partial charge in [-0.2, -0.15) is 0 Å². The van der Waals surface area contributed by atoms with E-state index in [1.54, 1.807) is 11.3 Å². The lowest BCUT2D eigenvalue weighted by molar-refractivity contribution is -0.127. The van der Waals surface area contributed by atoms with Gasteiger partial charge >= 0.3 is 0 Å². The molecule has 0 bridgehead atoms. The van der Waals surface area contributed by atoms with Gasteiger partial charge < -0.3 is 10.4 Å². The third kappa shape index (κ3) is 2.83. The summed E-state index contributed by atoms with van der Waals surface area (Å²) in [5.74, 6) is 0.392. The molecule has 3 nitrogen and oxygen atoms in total. The number of carbonyl (C=O) groups is 1. The standard InChI is InChI=1S/C12H17NO2S/c14-10(11-5-2-8-16-11)6-7-13-12(15)9-3-1-4-9/h2,5,8-10,14H,1,3-4,6-7H2,(H,13,15). The summed E-state index contributed by atoms with van der Waals surface area (Å²) in [6, 6.07) is 3.85. The molecule has 0 aliphatic heterocycles. The molecule has 1 unspecified atom stereocenters. The zero-order chi connectivity index (χ0) is 11.4. The van der Waals surface area contributed by atoms with Crippen LogP contribution in [-0.4, -0.2) is 17.6 Å². The minimum Gasteiger partial charge on any atom is -0.388 e. The molecule has 1 heterocycles. The van der Waals surface area contributed by atoms with E-state index in [-0.39, 0.29) is 11.8 Å². The largest absolute Gasteiger partial charge is 0.388 e. The smallest absolute Gasteiger partial charge is 0.223 e. The highest BCUT2D eigenvalue weighted by atomic mass is 32.1. The van der Waals surface area contributed by atoms with Gasteiger partial charge in [0.25, 0.3) is 0 Å². The molecule has 1 atom stereocenters. The molecule has 0 saturated heterocycles. The highest BCUT2D eigenvalue weighted by molar-refractivity contribution is 7.10. The van der Waals surface area contributed by atoms with E-state index in [1.807, 2.05) is 17.5 Å². The van der Waals surface area contributed by atoms with Crippen LogP contribution in [-0.2, 0) is 4.79 Å². The lowest BCUT2D eigenvalue weighted by atomic mass is 9.85. The summed E-state index contributed by atoms with van der Waals surface area (Å²) in [4.78, 5) is 12.5. The molecular formula is C12H17NO2S. The summed E-state index contributed by atoms with van der Waals surface area (Å²) >= 11 is 1.55. The maximum atomic E-state index is 11.5. The van der Waals surface area contributed by atoms with Crippen molar-refractivity contribution in [1.29, 1.82) is 0 Å². The van der Waals surface area contributed by atoms with Crippen LogP contribution in [0.25, 0.3) is 0 Å². The Balaban J connectivity index is 1.65. The summed E-state index contributed by atoms with van der Waals surface area (Å²) in [6.45, 7) is 0.564. The number of aliphatic hydroxyl groups is 1. The fourth-order valence-electron chi connectivity index (χ4n) is 1.77. The van der Waals surface area contributed by atoms with Crippen molar-refractivity contribution >= 4 is 17.2 Å². The van der Waals surface area contributed by atoms with E-state index in [0.717, 1.165) is 17.7 Å². The molecule has 4 heteroatoms. The fourth-order valence-corrected chi connectivity index (χ4v) is 2.52. The van der Waals surface area contributed by atoms with E-state index >= 15 is 0 Å². The van der Waals surface area contributed by atoms with Gasteiger partial charge in [0, 0.05) is 17.3 Å². The van der Waals surface area contributed by atoms with Gasteiger partial charge in [-0.25, -0.2) is 0 Å². The monoisotopic (exact) mass is 239 g/mol. The van der Waals surface area contributed by atoms with E-state index in [4.69, 9.17) is 0 Å². The summed E-state index contributed by atoms with van der Waals surface area (Å²) in [5.41, 5.74) is 0. The normalized spacial score (nSPS) is 17.8. The van der Waals surface area contributed by atoms with E-state index < -0.39 is 6.10 Å². The minimum absolute atomic E-state index is 0.157. The van der Waals surface area contributed by atoms with Gasteiger partial charge in [-0.15, -0.1) is 11.3 Å². The van der Waals surface area contributed by atoms with Crippen LogP contribution in [0.3, 0.4) is 0 Å². The van der Waals surface area contributed by atoms with Gasteiger partial charge in [-0.1, -0.05) is 12.5 Å². The molecule has 0 radical (unpaired) electrons. The van der Waals surface area contributed by atoms with Crippen molar-refractivity contribution in [2.75, 3.05) is 6.54 Å². The molecule has 1 aromatic heterocycles. The van der Waals surface area contributed by atoms with Crippen LogP contribution in [0.1, 0.15) is 36.7 Å². The van der Waals surface area contributed by atoms with Crippen LogP contribution in [0.15, 0.2) is 17.5 Å².